The molecular weight excluding hydrogens is 882 g/mol. The minimum Gasteiger partial charge on any atom is -0.311 e. The molecule has 4 heteroatoms. The third kappa shape index (κ3) is 5.55. The smallest absolute Gasteiger partial charge is 0.252 e. The van der Waals surface area contributed by atoms with Crippen molar-refractivity contribution >= 4 is 74.3 Å². The van der Waals surface area contributed by atoms with Gasteiger partial charge in [-0.25, -0.2) is 0 Å². The zero-order valence-electron chi connectivity index (χ0n) is 40.0. The molecule has 11 aromatic carbocycles. The molecule has 16 rings (SSSR count). The summed E-state index contributed by atoms with van der Waals surface area (Å²) >= 11 is 0. The molecule has 0 N–H and O–H groups in total. The normalized spacial score (nSPS) is 17.6. The third-order valence-electron chi connectivity index (χ3n) is 16.9. The van der Waals surface area contributed by atoms with Gasteiger partial charge in [-0.15, -0.1) is 0 Å². The van der Waals surface area contributed by atoms with E-state index in [1.807, 2.05) is 0 Å². The van der Waals surface area contributed by atoms with Crippen LogP contribution in [0.2, 0.25) is 0 Å². The van der Waals surface area contributed by atoms with Crippen molar-refractivity contribution < 1.29 is 0 Å². The van der Waals surface area contributed by atoms with E-state index >= 15 is 0 Å². The van der Waals surface area contributed by atoms with E-state index in [1.165, 1.54) is 94.8 Å². The van der Waals surface area contributed by atoms with Crippen LogP contribution in [0.3, 0.4) is 0 Å². The predicted molar refractivity (Wildman–Crippen MR) is 303 cm³/mol. The van der Waals surface area contributed by atoms with Crippen LogP contribution in [0.1, 0.15) is 45.2 Å². The number of nitrogens with zero attached hydrogens (tertiary/aromatic N) is 3. The summed E-state index contributed by atoms with van der Waals surface area (Å²) in [6.45, 7) is -0.0364. The van der Waals surface area contributed by atoms with Gasteiger partial charge in [0.05, 0.1) is 0 Å². The topological polar surface area (TPSA) is 9.72 Å². The summed E-state index contributed by atoms with van der Waals surface area (Å²) < 4.78 is 0. The van der Waals surface area contributed by atoms with Crippen LogP contribution in [0, 0.1) is 0 Å². The van der Waals surface area contributed by atoms with Crippen LogP contribution in [0.4, 0.5) is 51.2 Å². The van der Waals surface area contributed by atoms with Crippen molar-refractivity contribution in [2.45, 2.75) is 17.3 Å². The summed E-state index contributed by atoms with van der Waals surface area (Å²) in [5.41, 5.74) is 28.0. The quantitative estimate of drug-likeness (QED) is 0.148. The number of anilines is 9. The molecule has 3 unspecified atom stereocenters. The maximum atomic E-state index is 2.57. The zero-order valence-corrected chi connectivity index (χ0v) is 40.0. The van der Waals surface area contributed by atoms with Crippen LogP contribution in [0.5, 0.6) is 0 Å². The molecule has 2 aliphatic heterocycles. The zero-order chi connectivity index (χ0) is 47.8. The van der Waals surface area contributed by atoms with Gasteiger partial charge in [-0.1, -0.05) is 188 Å². The van der Waals surface area contributed by atoms with E-state index in [0.717, 1.165) is 28.4 Å². The molecule has 11 aromatic rings. The summed E-state index contributed by atoms with van der Waals surface area (Å²) in [6.07, 6.45) is 0. The second-order valence-electron chi connectivity index (χ2n) is 20.3. The van der Waals surface area contributed by atoms with Crippen LogP contribution in [-0.2, 0) is 5.41 Å². The lowest BCUT2D eigenvalue weighted by Crippen LogP contribution is -2.61. The lowest BCUT2D eigenvalue weighted by atomic mass is 9.33. The van der Waals surface area contributed by atoms with E-state index < -0.39 is 0 Å². The molecule has 3 atom stereocenters. The van der Waals surface area contributed by atoms with Gasteiger partial charge in [0.25, 0.3) is 6.71 Å². The maximum Gasteiger partial charge on any atom is 0.252 e. The van der Waals surface area contributed by atoms with Gasteiger partial charge in [0.2, 0.25) is 0 Å². The van der Waals surface area contributed by atoms with Gasteiger partial charge in [-0.2, -0.15) is 0 Å². The van der Waals surface area contributed by atoms with Crippen molar-refractivity contribution in [3.63, 3.8) is 0 Å². The number of hydrogen-bond acceptors (Lipinski definition) is 3. The summed E-state index contributed by atoms with van der Waals surface area (Å²) in [5, 5.41) is 0. The van der Waals surface area contributed by atoms with E-state index in [-0.39, 0.29) is 18.0 Å². The Labute approximate surface area is 426 Å². The van der Waals surface area contributed by atoms with Crippen LogP contribution in [-0.4, -0.2) is 6.71 Å². The van der Waals surface area contributed by atoms with Gasteiger partial charge >= 0.3 is 0 Å². The second kappa shape index (κ2) is 15.4. The van der Waals surface area contributed by atoms with Crippen LogP contribution in [0.25, 0.3) is 22.3 Å². The minimum atomic E-state index is -0.0448. The lowest BCUT2D eigenvalue weighted by molar-refractivity contribution is 0.333. The number of fused-ring (bicyclic) bond motifs is 11. The van der Waals surface area contributed by atoms with E-state index in [4.69, 9.17) is 0 Å². The minimum absolute atomic E-state index is 0.0364. The molecule has 5 aliphatic rings. The van der Waals surface area contributed by atoms with Crippen molar-refractivity contribution in [3.8, 4) is 22.3 Å². The third-order valence-corrected chi connectivity index (χ3v) is 16.9. The molecule has 73 heavy (non-hydrogen) atoms. The van der Waals surface area contributed by atoms with Gasteiger partial charge in [-0.05, 0) is 151 Å². The Balaban J connectivity index is 0.981. The highest BCUT2D eigenvalue weighted by Crippen LogP contribution is 2.78. The van der Waals surface area contributed by atoms with E-state index in [1.54, 1.807) is 0 Å². The number of benzene rings is 11. The van der Waals surface area contributed by atoms with Gasteiger partial charge in [0.15, 0.2) is 0 Å². The fraction of sp³-hybridized carbons (Fsp3) is 0.0435. The van der Waals surface area contributed by atoms with Crippen molar-refractivity contribution in [1.82, 2.24) is 0 Å². The first-order chi connectivity index (χ1) is 36.3. The predicted octanol–water partition coefficient (Wildman–Crippen LogP) is 15.5. The van der Waals surface area contributed by atoms with Gasteiger partial charge in [0, 0.05) is 68.4 Å². The van der Waals surface area contributed by atoms with Crippen molar-refractivity contribution in [3.05, 3.63) is 300 Å². The first-order valence-corrected chi connectivity index (χ1v) is 25.7. The summed E-state index contributed by atoms with van der Waals surface area (Å²) in [7, 11) is 0. The molecule has 0 radical (unpaired) electrons. The first-order valence-electron chi connectivity index (χ1n) is 25.7. The Kier molecular flexibility index (Phi) is 8.59. The van der Waals surface area contributed by atoms with Crippen LogP contribution in [0.15, 0.2) is 267 Å². The monoisotopic (exact) mass is 927 g/mol. The van der Waals surface area contributed by atoms with Crippen LogP contribution < -0.4 is 31.1 Å². The molecule has 0 aromatic heterocycles. The fourth-order valence-electron chi connectivity index (χ4n) is 14.1. The fourth-order valence-corrected chi connectivity index (χ4v) is 14.1. The number of hydrogen-bond donors (Lipinski definition) is 0. The maximum absolute atomic E-state index is 2.57. The number of para-hydroxylation sites is 4. The molecule has 0 amide bonds. The molecule has 3 aliphatic carbocycles. The highest BCUT2D eigenvalue weighted by Gasteiger charge is 2.69. The standard InChI is InChI=1S/C69H46BN3/c1-5-21-45(22-6-1)46-23-19-30-51(41-46)73-61-38-18-17-37-59(61)70-60-40-39-52(71(48-24-7-2-8-25-48)49-26-9-3-10-27-49)44-62(60)72(50-28-11-4-12-29-50)63-42-47(43-64(73)68(63)70)53-34-20-36-58-65(53)67-55-32-14-13-31-54(55)66-56-33-15-16-35-57(56)69(58,66)67/h1-44,66-67H. The van der Waals surface area contributed by atoms with E-state index in [2.05, 4.69) is 282 Å². The SMILES string of the molecule is c1ccc(-c2cccc(N3c4ccccc4B4c5ccc(N(c6ccccc6)c6ccccc6)cc5N(c5ccccc5)c5cc(-c6cccc7c6C6c8ccccc8C8c9ccccc9C786)cc3c54)c2)cc1. The summed E-state index contributed by atoms with van der Waals surface area (Å²) in [4.78, 5) is 7.52. The Morgan fingerprint density at radius 3 is 1.63 bits per heavy atom. The lowest BCUT2D eigenvalue weighted by Gasteiger charge is -2.59. The molecule has 0 saturated heterocycles. The Morgan fingerprint density at radius 2 is 0.890 bits per heavy atom. The Hall–Kier alpha value is -9.12. The molecule has 340 valence electrons. The van der Waals surface area contributed by atoms with E-state index in [9.17, 15) is 0 Å². The van der Waals surface area contributed by atoms with Gasteiger partial charge in [-0.3, -0.25) is 0 Å². The van der Waals surface area contributed by atoms with E-state index in [0.29, 0.717) is 5.92 Å². The average molecular weight is 928 g/mol. The Bertz CT molecular complexity index is 3980. The van der Waals surface area contributed by atoms with Gasteiger partial charge < -0.3 is 14.7 Å². The molecule has 2 heterocycles. The molecule has 3 nitrogen and oxygen atoms in total. The first kappa shape index (κ1) is 40.6. The largest absolute Gasteiger partial charge is 0.311 e. The highest BCUT2D eigenvalue weighted by molar-refractivity contribution is 7.00. The van der Waals surface area contributed by atoms with Crippen molar-refractivity contribution in [2.75, 3.05) is 14.7 Å². The second-order valence-corrected chi connectivity index (χ2v) is 20.3. The van der Waals surface area contributed by atoms with Crippen LogP contribution >= 0.6 is 0 Å². The molecular formula is C69H46BN3. The molecule has 0 saturated carbocycles. The van der Waals surface area contributed by atoms with Crippen molar-refractivity contribution in [2.24, 2.45) is 0 Å². The summed E-state index contributed by atoms with van der Waals surface area (Å²) in [5.74, 6) is 0.636. The van der Waals surface area contributed by atoms with Crippen molar-refractivity contribution in [1.29, 1.82) is 0 Å². The molecule has 0 bridgehead atoms. The highest BCUT2D eigenvalue weighted by atomic mass is 15.2. The summed E-state index contributed by atoms with van der Waals surface area (Å²) in [6, 6.07) is 99.8. The van der Waals surface area contributed by atoms with Gasteiger partial charge in [0.1, 0.15) is 0 Å². The molecule has 1 spiro atoms. The average Bonchev–Trinajstić information content (AvgIpc) is 3.68. The Morgan fingerprint density at radius 1 is 0.342 bits per heavy atom. The molecule has 0 fully saturated rings. The number of rotatable bonds is 7.